The Bertz CT molecular complexity index is 203. The first-order valence-corrected chi connectivity index (χ1v) is 6.96. The minimum absolute atomic E-state index is 0.378. The van der Waals surface area contributed by atoms with Crippen LogP contribution in [0, 0.1) is 5.92 Å². The van der Waals surface area contributed by atoms with Gasteiger partial charge in [0, 0.05) is 24.7 Å². The molecule has 1 rings (SSSR count). The van der Waals surface area contributed by atoms with E-state index in [4.69, 9.17) is 0 Å². The molecule has 0 saturated carbocycles. The molecule has 0 amide bonds. The Hall–Kier alpha value is -0.0800. The van der Waals surface area contributed by atoms with Crippen molar-refractivity contribution in [2.75, 3.05) is 19.6 Å². The second-order valence-corrected chi connectivity index (χ2v) is 6.11. The van der Waals surface area contributed by atoms with Crippen LogP contribution < -0.4 is 5.32 Å². The van der Waals surface area contributed by atoms with Crippen molar-refractivity contribution in [3.05, 3.63) is 0 Å². The fraction of sp³-hybridized carbons (Fsp3) is 1.00. The molecule has 0 bridgehead atoms. The van der Waals surface area contributed by atoms with Gasteiger partial charge >= 0.3 is 0 Å². The lowest BCUT2D eigenvalue weighted by molar-refractivity contribution is 0.0504. The largest absolute Gasteiger partial charge is 0.311 e. The summed E-state index contributed by atoms with van der Waals surface area (Å²) < 4.78 is 0. The molecule has 2 heteroatoms. The van der Waals surface area contributed by atoms with Crippen molar-refractivity contribution in [3.8, 4) is 0 Å². The monoisotopic (exact) mass is 226 g/mol. The lowest BCUT2D eigenvalue weighted by atomic mass is 9.92. The summed E-state index contributed by atoms with van der Waals surface area (Å²) in [4.78, 5) is 2.70. The second-order valence-electron chi connectivity index (χ2n) is 6.11. The van der Waals surface area contributed by atoms with Crippen LogP contribution in [0.5, 0.6) is 0 Å². The van der Waals surface area contributed by atoms with Crippen molar-refractivity contribution in [2.45, 2.75) is 65.5 Å². The van der Waals surface area contributed by atoms with E-state index in [2.05, 4.69) is 44.8 Å². The highest BCUT2D eigenvalue weighted by Crippen LogP contribution is 2.23. The first-order valence-electron chi connectivity index (χ1n) is 6.96. The predicted octanol–water partition coefficient (Wildman–Crippen LogP) is 2.89. The smallest absolute Gasteiger partial charge is 0.0303 e. The maximum absolute atomic E-state index is 3.61. The summed E-state index contributed by atoms with van der Waals surface area (Å²) in [5.74, 6) is 0.841. The molecule has 2 nitrogen and oxygen atoms in total. The van der Waals surface area contributed by atoms with Gasteiger partial charge < -0.3 is 5.32 Å². The number of rotatable bonds is 5. The van der Waals surface area contributed by atoms with Crippen LogP contribution in [0.1, 0.15) is 53.9 Å². The molecule has 0 aromatic carbocycles. The fourth-order valence-electron chi connectivity index (χ4n) is 2.52. The highest BCUT2D eigenvalue weighted by Gasteiger charge is 2.34. The highest BCUT2D eigenvalue weighted by atomic mass is 15.3. The minimum Gasteiger partial charge on any atom is -0.311 e. The minimum atomic E-state index is 0.378. The second kappa shape index (κ2) is 6.02. The molecule has 0 aromatic heterocycles. The Morgan fingerprint density at radius 2 is 2.12 bits per heavy atom. The third-order valence-corrected chi connectivity index (χ3v) is 4.06. The van der Waals surface area contributed by atoms with E-state index >= 15 is 0 Å². The predicted molar refractivity (Wildman–Crippen MR) is 71.8 cm³/mol. The summed E-state index contributed by atoms with van der Waals surface area (Å²) in [5, 5.41) is 3.61. The van der Waals surface area contributed by atoms with Gasteiger partial charge in [0.2, 0.25) is 0 Å². The highest BCUT2D eigenvalue weighted by molar-refractivity contribution is 4.93. The van der Waals surface area contributed by atoms with E-state index in [9.17, 15) is 0 Å². The summed E-state index contributed by atoms with van der Waals surface area (Å²) in [7, 11) is 0. The van der Waals surface area contributed by atoms with Gasteiger partial charge in [-0.25, -0.2) is 0 Å². The molecule has 1 heterocycles. The topological polar surface area (TPSA) is 15.3 Å². The van der Waals surface area contributed by atoms with E-state index in [1.54, 1.807) is 0 Å². The first-order chi connectivity index (χ1) is 7.48. The van der Waals surface area contributed by atoms with Crippen molar-refractivity contribution in [2.24, 2.45) is 5.92 Å². The van der Waals surface area contributed by atoms with Crippen molar-refractivity contribution in [3.63, 3.8) is 0 Å². The molecule has 0 aliphatic carbocycles. The normalized spacial score (nSPS) is 32.2. The molecule has 96 valence electrons. The summed E-state index contributed by atoms with van der Waals surface area (Å²) in [6.07, 6.45) is 3.95. The van der Waals surface area contributed by atoms with Gasteiger partial charge in [0.25, 0.3) is 0 Å². The van der Waals surface area contributed by atoms with Gasteiger partial charge in [-0.2, -0.15) is 0 Å². The Morgan fingerprint density at radius 3 is 2.69 bits per heavy atom. The van der Waals surface area contributed by atoms with E-state index < -0.39 is 0 Å². The Kier molecular flexibility index (Phi) is 5.26. The number of hydrogen-bond acceptors (Lipinski definition) is 2. The molecule has 1 aliphatic rings. The summed E-state index contributed by atoms with van der Waals surface area (Å²) in [6.45, 7) is 15.3. The number of nitrogens with zero attached hydrogens (tertiary/aromatic N) is 1. The van der Waals surface area contributed by atoms with E-state index in [1.165, 1.54) is 32.4 Å². The first kappa shape index (κ1) is 14.0. The molecule has 1 N–H and O–H groups in total. The van der Waals surface area contributed by atoms with Gasteiger partial charge in [-0.05, 0) is 45.6 Å². The molecule has 16 heavy (non-hydrogen) atoms. The number of piperazine rings is 1. The molecular formula is C14H30N2. The van der Waals surface area contributed by atoms with E-state index in [-0.39, 0.29) is 0 Å². The fourth-order valence-corrected chi connectivity index (χ4v) is 2.52. The molecule has 1 aliphatic heterocycles. The third-order valence-electron chi connectivity index (χ3n) is 4.06. The Morgan fingerprint density at radius 1 is 1.44 bits per heavy atom. The van der Waals surface area contributed by atoms with Crippen LogP contribution in [0.3, 0.4) is 0 Å². The van der Waals surface area contributed by atoms with Crippen LogP contribution in [0.4, 0.5) is 0 Å². The van der Waals surface area contributed by atoms with Crippen LogP contribution >= 0.6 is 0 Å². The summed E-state index contributed by atoms with van der Waals surface area (Å²) in [6, 6.07) is 0.652. The zero-order chi connectivity index (χ0) is 12.2. The van der Waals surface area contributed by atoms with Crippen molar-refractivity contribution >= 4 is 0 Å². The molecule has 2 atom stereocenters. The SMILES string of the molecule is CCC1(C)CNC(C)CN1CCCC(C)C. The van der Waals surface area contributed by atoms with Crippen molar-refractivity contribution in [1.82, 2.24) is 10.2 Å². The molecular weight excluding hydrogens is 196 g/mol. The van der Waals surface area contributed by atoms with E-state index in [1.807, 2.05) is 0 Å². The van der Waals surface area contributed by atoms with Gasteiger partial charge in [0.15, 0.2) is 0 Å². The van der Waals surface area contributed by atoms with Crippen molar-refractivity contribution in [1.29, 1.82) is 0 Å². The molecule has 1 fully saturated rings. The maximum Gasteiger partial charge on any atom is 0.0303 e. The molecule has 0 radical (unpaired) electrons. The van der Waals surface area contributed by atoms with E-state index in [0.29, 0.717) is 11.6 Å². The van der Waals surface area contributed by atoms with Crippen LogP contribution in [-0.2, 0) is 0 Å². The Balaban J connectivity index is 2.45. The molecule has 0 spiro atoms. The zero-order valence-corrected chi connectivity index (χ0v) is 11.8. The van der Waals surface area contributed by atoms with E-state index in [0.717, 1.165) is 12.5 Å². The average molecular weight is 226 g/mol. The lowest BCUT2D eigenvalue weighted by Gasteiger charge is -2.47. The van der Waals surface area contributed by atoms with Crippen LogP contribution in [0.2, 0.25) is 0 Å². The maximum atomic E-state index is 3.61. The standard InChI is InChI=1S/C14H30N2/c1-6-14(5)11-15-13(4)10-16(14)9-7-8-12(2)3/h12-13,15H,6-11H2,1-5H3. The molecule has 0 aromatic rings. The van der Waals surface area contributed by atoms with Gasteiger partial charge in [0.1, 0.15) is 0 Å². The number of hydrogen-bond donors (Lipinski definition) is 1. The van der Waals surface area contributed by atoms with Crippen molar-refractivity contribution < 1.29 is 0 Å². The lowest BCUT2D eigenvalue weighted by Crippen LogP contribution is -2.62. The number of nitrogens with one attached hydrogen (secondary N) is 1. The van der Waals surface area contributed by atoms with Gasteiger partial charge in [-0.1, -0.05) is 20.8 Å². The molecule has 2 unspecified atom stereocenters. The zero-order valence-electron chi connectivity index (χ0n) is 11.8. The Labute approximate surface area is 102 Å². The van der Waals surface area contributed by atoms with Crippen LogP contribution in [0.15, 0.2) is 0 Å². The summed E-state index contributed by atoms with van der Waals surface area (Å²) >= 11 is 0. The van der Waals surface area contributed by atoms with Gasteiger partial charge in [-0.3, -0.25) is 4.90 Å². The van der Waals surface area contributed by atoms with Gasteiger partial charge in [-0.15, -0.1) is 0 Å². The van der Waals surface area contributed by atoms with Crippen LogP contribution in [0.25, 0.3) is 0 Å². The quantitative estimate of drug-likeness (QED) is 0.775. The molecule has 1 saturated heterocycles. The third kappa shape index (κ3) is 3.74. The van der Waals surface area contributed by atoms with Gasteiger partial charge in [0.05, 0.1) is 0 Å². The average Bonchev–Trinajstić information content (AvgIpc) is 2.23. The summed E-state index contributed by atoms with van der Waals surface area (Å²) in [5.41, 5.74) is 0.378. The van der Waals surface area contributed by atoms with Crippen LogP contribution in [-0.4, -0.2) is 36.1 Å².